The number of ether oxygens (including phenoxy) is 6. The van der Waals surface area contributed by atoms with Crippen LogP contribution in [0.5, 0.6) is 46.0 Å². The summed E-state index contributed by atoms with van der Waals surface area (Å²) in [5.41, 5.74) is 1.55. The molecular formula is C56H64Cl2N2O8. The van der Waals surface area contributed by atoms with E-state index in [0.717, 1.165) is 38.5 Å². The van der Waals surface area contributed by atoms with Gasteiger partial charge in [-0.3, -0.25) is 0 Å². The molecule has 0 atom stereocenters. The van der Waals surface area contributed by atoms with Gasteiger partial charge >= 0.3 is 11.9 Å². The SMILES string of the molecule is CCCCCCCCCCCCOc1cc2c(cc1OC(=O)c1ccccc1)Oc1c(Cl)c3c(c(Cl)c1=N2)Oc1cc(OC(=O)c2ccccc2)c(OCCCCCCCCCCCC)cc1N=3. The van der Waals surface area contributed by atoms with Crippen molar-refractivity contribution in [2.75, 3.05) is 13.2 Å². The molecule has 5 aromatic carbocycles. The molecule has 2 heterocycles. The molecule has 12 heteroatoms. The molecule has 360 valence electrons. The molecule has 0 spiro atoms. The molecule has 2 aliphatic rings. The van der Waals surface area contributed by atoms with Gasteiger partial charge in [0.15, 0.2) is 46.0 Å². The lowest BCUT2D eigenvalue weighted by atomic mass is 10.1. The lowest BCUT2D eigenvalue weighted by Gasteiger charge is -2.22. The zero-order chi connectivity index (χ0) is 47.5. The van der Waals surface area contributed by atoms with E-state index in [1.807, 2.05) is 12.1 Å². The van der Waals surface area contributed by atoms with Crippen molar-refractivity contribution >= 4 is 46.5 Å². The van der Waals surface area contributed by atoms with Crippen LogP contribution in [0.4, 0.5) is 11.4 Å². The van der Waals surface area contributed by atoms with E-state index in [1.54, 1.807) is 72.8 Å². The Kier molecular flexibility index (Phi) is 19.4. The molecule has 0 unspecified atom stereocenters. The Morgan fingerprint density at radius 1 is 0.456 bits per heavy atom. The highest BCUT2D eigenvalue weighted by Crippen LogP contribution is 2.48. The van der Waals surface area contributed by atoms with Crippen LogP contribution in [0.25, 0.3) is 0 Å². The molecule has 10 nitrogen and oxygen atoms in total. The average molecular weight is 964 g/mol. The third kappa shape index (κ3) is 13.8. The monoisotopic (exact) mass is 962 g/mol. The molecule has 0 amide bonds. The molecular weight excluding hydrogens is 900 g/mol. The largest absolute Gasteiger partial charge is 0.490 e. The average Bonchev–Trinajstić information content (AvgIpc) is 3.36. The van der Waals surface area contributed by atoms with E-state index >= 15 is 0 Å². The highest BCUT2D eigenvalue weighted by Gasteiger charge is 2.30. The topological polar surface area (TPSA) is 114 Å². The Morgan fingerprint density at radius 2 is 0.794 bits per heavy atom. The summed E-state index contributed by atoms with van der Waals surface area (Å²) in [5.74, 6) is 0.818. The predicted molar refractivity (Wildman–Crippen MR) is 269 cm³/mol. The van der Waals surface area contributed by atoms with E-state index in [1.165, 1.54) is 89.9 Å². The zero-order valence-electron chi connectivity index (χ0n) is 39.6. The maximum Gasteiger partial charge on any atom is 0.343 e. The summed E-state index contributed by atoms with van der Waals surface area (Å²) in [5, 5.41) is 0.666. The van der Waals surface area contributed by atoms with E-state index < -0.39 is 11.9 Å². The van der Waals surface area contributed by atoms with Gasteiger partial charge in [-0.1, -0.05) is 189 Å². The fourth-order valence-electron chi connectivity index (χ4n) is 8.26. The van der Waals surface area contributed by atoms with E-state index in [4.69, 9.17) is 61.6 Å². The van der Waals surface area contributed by atoms with Crippen LogP contribution in [0.15, 0.2) is 94.9 Å². The number of nitrogens with zero attached hydrogens (tertiary/aromatic N) is 2. The zero-order valence-corrected chi connectivity index (χ0v) is 41.1. The smallest absolute Gasteiger partial charge is 0.343 e. The molecule has 2 aliphatic heterocycles. The minimum atomic E-state index is -0.544. The second-order valence-electron chi connectivity index (χ2n) is 17.5. The van der Waals surface area contributed by atoms with Gasteiger partial charge in [-0.25, -0.2) is 19.6 Å². The van der Waals surface area contributed by atoms with Crippen LogP contribution in [-0.4, -0.2) is 25.2 Å². The molecule has 0 N–H and O–H groups in total. The molecule has 0 saturated heterocycles. The van der Waals surface area contributed by atoms with Crippen molar-refractivity contribution in [1.29, 1.82) is 0 Å². The van der Waals surface area contributed by atoms with E-state index in [9.17, 15) is 9.59 Å². The van der Waals surface area contributed by atoms with Crippen molar-refractivity contribution < 1.29 is 38.0 Å². The van der Waals surface area contributed by atoms with Gasteiger partial charge in [0, 0.05) is 24.3 Å². The highest BCUT2D eigenvalue weighted by molar-refractivity contribution is 6.35. The molecule has 0 bridgehead atoms. The third-order valence-corrected chi connectivity index (χ3v) is 12.8. The van der Waals surface area contributed by atoms with Crippen molar-refractivity contribution in [3.8, 4) is 46.0 Å². The van der Waals surface area contributed by atoms with Crippen LogP contribution in [0.2, 0.25) is 10.0 Å². The van der Waals surface area contributed by atoms with Crippen LogP contribution in [0.1, 0.15) is 163 Å². The number of unbranched alkanes of at least 4 members (excludes halogenated alkanes) is 18. The number of esters is 2. The predicted octanol–water partition coefficient (Wildman–Crippen LogP) is 16.1. The summed E-state index contributed by atoms with van der Waals surface area (Å²) in [7, 11) is 0. The maximum absolute atomic E-state index is 13.3. The molecule has 0 fully saturated rings. The van der Waals surface area contributed by atoms with Gasteiger partial charge in [-0.05, 0) is 37.1 Å². The number of benzene rings is 5. The highest BCUT2D eigenvalue weighted by atomic mass is 35.5. The number of halogens is 2. The fourth-order valence-corrected chi connectivity index (χ4v) is 8.78. The standard InChI is InChI=1S/C56H64Cl2N2O8/c1-3-5-7-9-11-13-15-17-19-27-33-63-45-35-41-43(37-47(45)67-55(61)39-29-23-21-24-30-39)65-53-50(58)52-54(49(57)51(53)59-41)66-44-38-48(68-56(62)40-31-25-22-26-32-40)46(36-42(44)60-52)64-34-28-20-18-16-14-12-10-8-6-4-2/h21-26,29-32,35-38H,3-20,27-28,33-34H2,1-2H3. The van der Waals surface area contributed by atoms with Crippen LogP contribution in [0.3, 0.4) is 0 Å². The van der Waals surface area contributed by atoms with Gasteiger partial charge in [-0.15, -0.1) is 0 Å². The fraction of sp³-hybridized carbons (Fsp3) is 0.429. The van der Waals surface area contributed by atoms with Crippen molar-refractivity contribution in [3.05, 3.63) is 117 Å². The number of carbonyl (C=O) groups excluding carboxylic acids is 2. The Balaban J connectivity index is 1.11. The Bertz CT molecular complexity index is 2410. The van der Waals surface area contributed by atoms with Crippen molar-refractivity contribution in [2.24, 2.45) is 9.98 Å². The van der Waals surface area contributed by atoms with Crippen LogP contribution < -0.4 is 39.1 Å². The summed E-state index contributed by atoms with van der Waals surface area (Å²) in [6.45, 7) is 5.32. The maximum atomic E-state index is 13.3. The lowest BCUT2D eigenvalue weighted by molar-refractivity contribution is 0.0718. The van der Waals surface area contributed by atoms with Gasteiger partial charge in [0.1, 0.15) is 32.1 Å². The van der Waals surface area contributed by atoms with Gasteiger partial charge in [0.2, 0.25) is 0 Å². The van der Waals surface area contributed by atoms with Gasteiger partial charge in [-0.2, -0.15) is 0 Å². The first kappa shape index (κ1) is 50.3. The minimum Gasteiger partial charge on any atom is -0.490 e. The summed E-state index contributed by atoms with van der Waals surface area (Å²) in [4.78, 5) is 36.4. The Hall–Kier alpha value is -5.58. The molecule has 0 aliphatic carbocycles. The summed E-state index contributed by atoms with van der Waals surface area (Å²) >= 11 is 14.2. The Labute approximate surface area is 411 Å². The molecule has 68 heavy (non-hydrogen) atoms. The molecule has 0 radical (unpaired) electrons. The van der Waals surface area contributed by atoms with Crippen molar-refractivity contribution in [1.82, 2.24) is 0 Å². The number of fused-ring (bicyclic) bond motifs is 4. The third-order valence-electron chi connectivity index (χ3n) is 12.1. The Morgan fingerprint density at radius 3 is 1.15 bits per heavy atom. The molecule has 0 aromatic heterocycles. The first-order chi connectivity index (χ1) is 33.3. The van der Waals surface area contributed by atoms with Crippen molar-refractivity contribution in [2.45, 2.75) is 142 Å². The summed E-state index contributed by atoms with van der Waals surface area (Å²) in [6, 6.07) is 24.0. The van der Waals surface area contributed by atoms with Crippen LogP contribution in [-0.2, 0) is 0 Å². The number of rotatable bonds is 28. The van der Waals surface area contributed by atoms with Gasteiger partial charge in [0.05, 0.1) is 24.3 Å². The van der Waals surface area contributed by atoms with E-state index in [-0.39, 0.29) is 55.3 Å². The van der Waals surface area contributed by atoms with Gasteiger partial charge < -0.3 is 28.4 Å². The second-order valence-corrected chi connectivity index (χ2v) is 18.3. The summed E-state index contributed by atoms with van der Waals surface area (Å²) < 4.78 is 37.3. The minimum absolute atomic E-state index is 0.107. The lowest BCUT2D eigenvalue weighted by Crippen LogP contribution is -2.22. The molecule has 5 aromatic rings. The van der Waals surface area contributed by atoms with Crippen molar-refractivity contribution in [3.63, 3.8) is 0 Å². The molecule has 7 rings (SSSR count). The normalized spacial score (nSPS) is 11.9. The van der Waals surface area contributed by atoms with E-state index in [2.05, 4.69) is 13.8 Å². The van der Waals surface area contributed by atoms with Gasteiger partial charge in [0.25, 0.3) is 0 Å². The first-order valence-corrected chi connectivity index (χ1v) is 25.6. The number of hydrogen-bond donors (Lipinski definition) is 0. The molecule has 0 saturated carbocycles. The van der Waals surface area contributed by atoms with Crippen LogP contribution >= 0.6 is 23.2 Å². The summed E-state index contributed by atoms with van der Waals surface area (Å²) in [6.07, 6.45) is 23.8. The first-order valence-electron chi connectivity index (χ1n) is 24.8. The van der Waals surface area contributed by atoms with Crippen LogP contribution in [0, 0.1) is 0 Å². The quantitative estimate of drug-likeness (QED) is 0.0271. The number of hydrogen-bond acceptors (Lipinski definition) is 10. The second kappa shape index (κ2) is 26.3. The van der Waals surface area contributed by atoms with E-state index in [0.29, 0.717) is 47.2 Å². The number of carbonyl (C=O) groups is 2.